The molecule has 0 saturated carbocycles. The van der Waals surface area contributed by atoms with Crippen molar-refractivity contribution in [1.82, 2.24) is 10.2 Å². The van der Waals surface area contributed by atoms with Gasteiger partial charge in [-0.2, -0.15) is 0 Å². The summed E-state index contributed by atoms with van der Waals surface area (Å²) in [5.74, 6) is 0.720. The maximum atomic E-state index is 11.1. The van der Waals surface area contributed by atoms with Crippen LogP contribution >= 0.6 is 0 Å². The lowest BCUT2D eigenvalue weighted by molar-refractivity contribution is -0.143. The summed E-state index contributed by atoms with van der Waals surface area (Å²) in [5, 5.41) is 12.5. The van der Waals surface area contributed by atoms with Crippen LogP contribution in [0.25, 0.3) is 0 Å². The first-order valence-electron chi connectivity index (χ1n) is 5.90. The first-order chi connectivity index (χ1) is 7.22. The molecule has 2 aliphatic heterocycles. The van der Waals surface area contributed by atoms with Gasteiger partial charge in [-0.3, -0.25) is 9.69 Å². The van der Waals surface area contributed by atoms with Crippen LogP contribution in [0.5, 0.6) is 0 Å². The van der Waals surface area contributed by atoms with Crippen LogP contribution in [-0.2, 0) is 4.79 Å². The minimum Gasteiger partial charge on any atom is -0.480 e. The van der Waals surface area contributed by atoms with Crippen LogP contribution in [-0.4, -0.2) is 48.2 Å². The fraction of sp³-hybridized carbons (Fsp3) is 0.909. The molecule has 0 aromatic heterocycles. The molecule has 0 aromatic carbocycles. The van der Waals surface area contributed by atoms with Crippen LogP contribution in [0.3, 0.4) is 0 Å². The summed E-state index contributed by atoms with van der Waals surface area (Å²) in [6.07, 6.45) is 1.73. The van der Waals surface area contributed by atoms with E-state index in [1.54, 1.807) is 0 Å². The largest absolute Gasteiger partial charge is 0.480 e. The molecular formula is C11H20N2O2. The second-order valence-electron chi connectivity index (χ2n) is 4.78. The third kappa shape index (κ3) is 2.16. The van der Waals surface area contributed by atoms with E-state index in [1.165, 1.54) is 0 Å². The first-order valence-corrected chi connectivity index (χ1v) is 5.90. The molecule has 0 amide bonds. The Labute approximate surface area is 90.6 Å². The lowest BCUT2D eigenvalue weighted by atomic mass is 10.0. The van der Waals surface area contributed by atoms with Gasteiger partial charge in [0.15, 0.2) is 0 Å². The zero-order valence-corrected chi connectivity index (χ0v) is 9.28. The molecule has 0 aromatic rings. The Balaban J connectivity index is 1.95. The van der Waals surface area contributed by atoms with Crippen LogP contribution in [0.4, 0.5) is 0 Å². The van der Waals surface area contributed by atoms with E-state index in [2.05, 4.69) is 10.2 Å². The Morgan fingerprint density at radius 1 is 1.47 bits per heavy atom. The minimum absolute atomic E-state index is 0.249. The maximum Gasteiger partial charge on any atom is 0.320 e. The number of carbonyl (C=O) groups is 1. The van der Waals surface area contributed by atoms with Crippen molar-refractivity contribution in [3.8, 4) is 0 Å². The van der Waals surface area contributed by atoms with Gasteiger partial charge < -0.3 is 10.4 Å². The van der Waals surface area contributed by atoms with Gasteiger partial charge >= 0.3 is 5.97 Å². The number of nitrogens with one attached hydrogen (secondary N) is 1. The van der Waals surface area contributed by atoms with Crippen molar-refractivity contribution in [3.63, 3.8) is 0 Å². The third-order valence-corrected chi connectivity index (χ3v) is 3.71. The molecule has 0 spiro atoms. The fourth-order valence-electron chi connectivity index (χ4n) is 2.88. The number of fused-ring (bicyclic) bond motifs is 1. The molecule has 0 radical (unpaired) electrons. The Bertz CT molecular complexity index is 233. The monoisotopic (exact) mass is 212 g/mol. The van der Waals surface area contributed by atoms with Crippen molar-refractivity contribution in [2.24, 2.45) is 11.8 Å². The summed E-state index contributed by atoms with van der Waals surface area (Å²) in [7, 11) is 0. The van der Waals surface area contributed by atoms with Crippen LogP contribution in [0.1, 0.15) is 19.8 Å². The highest BCUT2D eigenvalue weighted by Gasteiger charge is 2.40. The van der Waals surface area contributed by atoms with Crippen LogP contribution < -0.4 is 5.32 Å². The second-order valence-corrected chi connectivity index (χ2v) is 4.78. The molecule has 4 heteroatoms. The maximum absolute atomic E-state index is 11.1. The van der Waals surface area contributed by atoms with Gasteiger partial charge in [0.05, 0.1) is 0 Å². The molecule has 2 fully saturated rings. The highest BCUT2D eigenvalue weighted by Crippen LogP contribution is 2.28. The topological polar surface area (TPSA) is 52.6 Å². The molecule has 0 bridgehead atoms. The molecule has 15 heavy (non-hydrogen) atoms. The van der Waals surface area contributed by atoms with Crippen molar-refractivity contribution in [2.75, 3.05) is 26.2 Å². The molecule has 1 unspecified atom stereocenters. The third-order valence-electron chi connectivity index (χ3n) is 3.71. The standard InChI is InChI=1S/C11H20N2O2/c1-2-3-10(11(14)15)13-6-8-4-12-5-9(8)7-13/h8-10,12H,2-7H2,1H3,(H,14,15)/t8-,9+,10?. The van der Waals surface area contributed by atoms with Crippen molar-refractivity contribution < 1.29 is 9.90 Å². The predicted octanol–water partition coefficient (Wildman–Crippen LogP) is 0.391. The number of carboxylic acid groups (broad SMARTS) is 1. The van der Waals surface area contributed by atoms with E-state index in [4.69, 9.17) is 0 Å². The molecule has 4 nitrogen and oxygen atoms in total. The molecule has 2 N–H and O–H groups in total. The number of nitrogens with zero attached hydrogens (tertiary/aromatic N) is 1. The van der Waals surface area contributed by atoms with E-state index in [1.807, 2.05) is 6.92 Å². The van der Waals surface area contributed by atoms with Crippen molar-refractivity contribution in [1.29, 1.82) is 0 Å². The van der Waals surface area contributed by atoms with Gasteiger partial charge in [-0.15, -0.1) is 0 Å². The number of hydrogen-bond donors (Lipinski definition) is 2. The Hall–Kier alpha value is -0.610. The lowest BCUT2D eigenvalue weighted by Gasteiger charge is -2.24. The summed E-state index contributed by atoms with van der Waals surface area (Å²) in [4.78, 5) is 13.3. The quantitative estimate of drug-likeness (QED) is 0.708. The highest BCUT2D eigenvalue weighted by atomic mass is 16.4. The SMILES string of the molecule is CCCC(C(=O)O)N1C[C@H]2CNC[C@H]2C1. The van der Waals surface area contributed by atoms with Gasteiger partial charge in [0.2, 0.25) is 0 Å². The van der Waals surface area contributed by atoms with E-state index in [0.29, 0.717) is 11.8 Å². The summed E-state index contributed by atoms with van der Waals surface area (Å²) in [6, 6.07) is -0.249. The Morgan fingerprint density at radius 3 is 2.53 bits per heavy atom. The smallest absolute Gasteiger partial charge is 0.320 e. The molecule has 3 atom stereocenters. The van der Waals surface area contributed by atoms with Crippen molar-refractivity contribution in [3.05, 3.63) is 0 Å². The number of likely N-dealkylation sites (tertiary alicyclic amines) is 1. The molecule has 2 heterocycles. The fourth-order valence-corrected chi connectivity index (χ4v) is 2.88. The highest BCUT2D eigenvalue weighted by molar-refractivity contribution is 5.73. The van der Waals surface area contributed by atoms with Crippen LogP contribution in [0.15, 0.2) is 0 Å². The van der Waals surface area contributed by atoms with E-state index in [-0.39, 0.29) is 6.04 Å². The van der Waals surface area contributed by atoms with Gasteiger partial charge in [0.25, 0.3) is 0 Å². The average Bonchev–Trinajstić information content (AvgIpc) is 2.72. The molecule has 0 aliphatic carbocycles. The van der Waals surface area contributed by atoms with E-state index >= 15 is 0 Å². The van der Waals surface area contributed by atoms with Crippen molar-refractivity contribution >= 4 is 5.97 Å². The van der Waals surface area contributed by atoms with E-state index < -0.39 is 5.97 Å². The van der Waals surface area contributed by atoms with Crippen LogP contribution in [0.2, 0.25) is 0 Å². The predicted molar refractivity (Wildman–Crippen MR) is 57.8 cm³/mol. The normalized spacial score (nSPS) is 32.9. The zero-order chi connectivity index (χ0) is 10.8. The summed E-state index contributed by atoms with van der Waals surface area (Å²) in [5.41, 5.74) is 0. The van der Waals surface area contributed by atoms with Gasteiger partial charge in [0, 0.05) is 13.1 Å². The van der Waals surface area contributed by atoms with E-state index in [9.17, 15) is 9.90 Å². The summed E-state index contributed by atoms with van der Waals surface area (Å²) >= 11 is 0. The zero-order valence-electron chi connectivity index (χ0n) is 9.28. The Morgan fingerprint density at radius 2 is 2.07 bits per heavy atom. The van der Waals surface area contributed by atoms with Gasteiger partial charge in [-0.1, -0.05) is 13.3 Å². The molecule has 2 aliphatic rings. The molecule has 2 saturated heterocycles. The lowest BCUT2D eigenvalue weighted by Crippen LogP contribution is -2.41. The number of rotatable bonds is 4. The first kappa shape index (κ1) is 10.9. The van der Waals surface area contributed by atoms with E-state index in [0.717, 1.165) is 39.0 Å². The van der Waals surface area contributed by atoms with Gasteiger partial charge in [0.1, 0.15) is 6.04 Å². The number of hydrogen-bond acceptors (Lipinski definition) is 3. The van der Waals surface area contributed by atoms with Gasteiger partial charge in [-0.05, 0) is 31.3 Å². The summed E-state index contributed by atoms with van der Waals surface area (Å²) in [6.45, 7) is 6.12. The molecule has 2 rings (SSSR count). The Kier molecular flexibility index (Phi) is 3.26. The van der Waals surface area contributed by atoms with Crippen molar-refractivity contribution in [2.45, 2.75) is 25.8 Å². The second kappa shape index (κ2) is 4.49. The average molecular weight is 212 g/mol. The number of carboxylic acids is 1. The van der Waals surface area contributed by atoms with Gasteiger partial charge in [-0.25, -0.2) is 0 Å². The molecule has 86 valence electrons. The molecular weight excluding hydrogens is 192 g/mol. The number of aliphatic carboxylic acids is 1. The minimum atomic E-state index is -0.648. The summed E-state index contributed by atoms with van der Waals surface area (Å²) < 4.78 is 0. The van der Waals surface area contributed by atoms with Crippen LogP contribution in [0, 0.1) is 11.8 Å².